The van der Waals surface area contributed by atoms with Gasteiger partial charge in [-0.1, -0.05) is 57.6 Å². The zero-order valence-corrected chi connectivity index (χ0v) is 14.1. The molecule has 1 saturated carbocycles. The summed E-state index contributed by atoms with van der Waals surface area (Å²) in [5.74, 6) is 7.93. The van der Waals surface area contributed by atoms with Crippen molar-refractivity contribution in [2.24, 2.45) is 11.8 Å². The van der Waals surface area contributed by atoms with Crippen molar-refractivity contribution in [3.05, 3.63) is 12.2 Å². The number of unbranched alkanes of at least 4 members (excludes halogenated alkanes) is 4. The van der Waals surface area contributed by atoms with Gasteiger partial charge < -0.3 is 5.11 Å². The molecule has 1 heteroatoms. The lowest BCUT2D eigenvalue weighted by Crippen LogP contribution is -2.02. The molecule has 1 N–H and O–H groups in total. The van der Waals surface area contributed by atoms with Crippen molar-refractivity contribution in [1.29, 1.82) is 0 Å². The second-order valence-corrected chi connectivity index (χ2v) is 6.48. The first kappa shape index (κ1) is 18.3. The first-order chi connectivity index (χ1) is 10.3. The largest absolute Gasteiger partial charge is 0.380 e. The molecule has 0 aromatic carbocycles. The minimum Gasteiger partial charge on any atom is -0.380 e. The first-order valence-corrected chi connectivity index (χ1v) is 9.09. The number of aliphatic hydroxyl groups excluding tert-OH is 1. The molecule has 1 aliphatic carbocycles. The summed E-state index contributed by atoms with van der Waals surface area (Å²) in [6, 6.07) is 0. The normalized spacial score (nSPS) is 22.0. The standard InChI is InChI=1S/C20H34O/c1-3-5-7-8-9-11-13-18-17-19(18)14-12-16-20(21)15-10-6-4-2/h8-9,18-21H,3-7,10-11,13-15,17H2,1-2H3/b9-8-/t18-,19+,20+/m1/s1. The molecule has 0 spiro atoms. The van der Waals surface area contributed by atoms with Crippen LogP contribution in [0.15, 0.2) is 12.2 Å². The van der Waals surface area contributed by atoms with Gasteiger partial charge >= 0.3 is 0 Å². The van der Waals surface area contributed by atoms with E-state index in [-0.39, 0.29) is 0 Å². The van der Waals surface area contributed by atoms with Crippen LogP contribution in [0.2, 0.25) is 0 Å². The van der Waals surface area contributed by atoms with Crippen LogP contribution >= 0.6 is 0 Å². The summed E-state index contributed by atoms with van der Waals surface area (Å²) in [4.78, 5) is 0. The van der Waals surface area contributed by atoms with Crippen LogP contribution in [-0.4, -0.2) is 11.2 Å². The van der Waals surface area contributed by atoms with E-state index < -0.39 is 6.10 Å². The fourth-order valence-corrected chi connectivity index (χ4v) is 2.75. The molecule has 3 atom stereocenters. The van der Waals surface area contributed by atoms with Gasteiger partial charge in [-0.25, -0.2) is 0 Å². The van der Waals surface area contributed by atoms with Gasteiger partial charge in [0.05, 0.1) is 0 Å². The number of allylic oxidation sites excluding steroid dienone is 2. The minimum absolute atomic E-state index is 0.393. The quantitative estimate of drug-likeness (QED) is 0.303. The Morgan fingerprint density at radius 1 is 1.05 bits per heavy atom. The summed E-state index contributed by atoms with van der Waals surface area (Å²) in [6.07, 6.45) is 17.4. The predicted molar refractivity (Wildman–Crippen MR) is 92.0 cm³/mol. The van der Waals surface area contributed by atoms with Crippen molar-refractivity contribution in [3.63, 3.8) is 0 Å². The summed E-state index contributed by atoms with van der Waals surface area (Å²) >= 11 is 0. The summed E-state index contributed by atoms with van der Waals surface area (Å²) in [6.45, 7) is 4.43. The maximum absolute atomic E-state index is 9.74. The van der Waals surface area contributed by atoms with Gasteiger partial charge in [0.1, 0.15) is 6.10 Å². The highest BCUT2D eigenvalue weighted by Gasteiger charge is 2.34. The van der Waals surface area contributed by atoms with Crippen molar-refractivity contribution >= 4 is 0 Å². The number of hydrogen-bond acceptors (Lipinski definition) is 1. The molecule has 1 aliphatic rings. The van der Waals surface area contributed by atoms with Gasteiger partial charge in [-0.3, -0.25) is 0 Å². The zero-order chi connectivity index (χ0) is 15.3. The third-order valence-electron chi connectivity index (χ3n) is 4.38. The van der Waals surface area contributed by atoms with Crippen LogP contribution in [0.4, 0.5) is 0 Å². The Morgan fingerprint density at radius 2 is 1.81 bits per heavy atom. The minimum atomic E-state index is -0.393. The van der Waals surface area contributed by atoms with E-state index in [1.807, 2.05) is 0 Å². The van der Waals surface area contributed by atoms with Crippen LogP contribution in [0.25, 0.3) is 0 Å². The van der Waals surface area contributed by atoms with Crippen molar-refractivity contribution in [2.45, 2.75) is 90.6 Å². The Balaban J connectivity index is 2.00. The predicted octanol–water partition coefficient (Wildman–Crippen LogP) is 5.48. The van der Waals surface area contributed by atoms with Gasteiger partial charge in [-0.2, -0.15) is 0 Å². The highest BCUT2D eigenvalue weighted by atomic mass is 16.3. The average Bonchev–Trinajstić information content (AvgIpc) is 3.21. The fourth-order valence-electron chi connectivity index (χ4n) is 2.75. The Hall–Kier alpha value is -0.740. The van der Waals surface area contributed by atoms with E-state index in [1.165, 1.54) is 51.4 Å². The van der Waals surface area contributed by atoms with Crippen molar-refractivity contribution < 1.29 is 5.11 Å². The molecule has 1 fully saturated rings. The van der Waals surface area contributed by atoms with Gasteiger partial charge in [-0.05, 0) is 50.4 Å². The summed E-state index contributed by atoms with van der Waals surface area (Å²) < 4.78 is 0. The van der Waals surface area contributed by atoms with E-state index in [9.17, 15) is 5.11 Å². The lowest BCUT2D eigenvalue weighted by atomic mass is 10.1. The maximum Gasteiger partial charge on any atom is 0.114 e. The molecular weight excluding hydrogens is 256 g/mol. The smallest absolute Gasteiger partial charge is 0.114 e. The van der Waals surface area contributed by atoms with E-state index >= 15 is 0 Å². The molecule has 0 saturated heterocycles. The number of aliphatic hydroxyl groups is 1. The molecule has 1 nitrogen and oxygen atoms in total. The van der Waals surface area contributed by atoms with Crippen molar-refractivity contribution in [2.75, 3.05) is 0 Å². The highest BCUT2D eigenvalue weighted by molar-refractivity contribution is 5.08. The van der Waals surface area contributed by atoms with Crippen molar-refractivity contribution in [1.82, 2.24) is 0 Å². The van der Waals surface area contributed by atoms with Crippen LogP contribution < -0.4 is 0 Å². The third kappa shape index (κ3) is 9.75. The SMILES string of the molecule is CCCC/C=C\CC[C@@H]1C[C@@H]1CC#C[C@@H](O)CCCCC. The molecule has 0 bridgehead atoms. The fraction of sp³-hybridized carbons (Fsp3) is 0.800. The molecule has 0 amide bonds. The van der Waals surface area contributed by atoms with Crippen LogP contribution in [0.1, 0.15) is 84.5 Å². The molecule has 0 unspecified atom stereocenters. The number of rotatable bonds is 11. The molecule has 0 heterocycles. The van der Waals surface area contributed by atoms with Crippen LogP contribution in [0, 0.1) is 23.7 Å². The van der Waals surface area contributed by atoms with Gasteiger partial charge in [0, 0.05) is 6.42 Å². The lowest BCUT2D eigenvalue weighted by molar-refractivity contribution is 0.217. The highest BCUT2D eigenvalue weighted by Crippen LogP contribution is 2.44. The topological polar surface area (TPSA) is 20.2 Å². The van der Waals surface area contributed by atoms with Gasteiger partial charge in [-0.15, -0.1) is 5.92 Å². The summed E-state index contributed by atoms with van der Waals surface area (Å²) in [5.41, 5.74) is 0. The number of hydrogen-bond donors (Lipinski definition) is 1. The van der Waals surface area contributed by atoms with Gasteiger partial charge in [0.2, 0.25) is 0 Å². The summed E-state index contributed by atoms with van der Waals surface area (Å²) in [7, 11) is 0. The molecule has 21 heavy (non-hydrogen) atoms. The Labute approximate surface area is 132 Å². The van der Waals surface area contributed by atoms with Crippen LogP contribution in [0.5, 0.6) is 0 Å². The Morgan fingerprint density at radius 3 is 2.57 bits per heavy atom. The molecule has 1 rings (SSSR count). The average molecular weight is 290 g/mol. The van der Waals surface area contributed by atoms with Gasteiger partial charge in [0.15, 0.2) is 0 Å². The summed E-state index contributed by atoms with van der Waals surface area (Å²) in [5, 5.41) is 9.74. The Kier molecular flexibility index (Phi) is 10.3. The van der Waals surface area contributed by atoms with E-state index in [0.29, 0.717) is 0 Å². The lowest BCUT2D eigenvalue weighted by Gasteiger charge is -2.01. The third-order valence-corrected chi connectivity index (χ3v) is 4.38. The molecular formula is C20H34O. The Bertz CT molecular complexity index is 333. The maximum atomic E-state index is 9.74. The van der Waals surface area contributed by atoms with E-state index in [0.717, 1.165) is 31.1 Å². The second kappa shape index (κ2) is 11.9. The second-order valence-electron chi connectivity index (χ2n) is 6.48. The molecule has 0 aliphatic heterocycles. The molecule has 0 aromatic rings. The first-order valence-electron chi connectivity index (χ1n) is 9.09. The zero-order valence-electron chi connectivity index (χ0n) is 14.1. The van der Waals surface area contributed by atoms with Gasteiger partial charge in [0.25, 0.3) is 0 Å². The molecule has 0 aromatic heterocycles. The van der Waals surface area contributed by atoms with Crippen LogP contribution in [0.3, 0.4) is 0 Å². The van der Waals surface area contributed by atoms with E-state index in [2.05, 4.69) is 37.8 Å². The van der Waals surface area contributed by atoms with E-state index in [1.54, 1.807) is 0 Å². The van der Waals surface area contributed by atoms with Crippen molar-refractivity contribution in [3.8, 4) is 11.8 Å². The molecule has 0 radical (unpaired) electrons. The molecule has 120 valence electrons. The monoisotopic (exact) mass is 290 g/mol. The van der Waals surface area contributed by atoms with Crippen LogP contribution in [-0.2, 0) is 0 Å². The van der Waals surface area contributed by atoms with E-state index in [4.69, 9.17) is 0 Å².